The quantitative estimate of drug-likeness (QED) is 0.823. The maximum atomic E-state index is 12.1. The van der Waals surface area contributed by atoms with Crippen LogP contribution in [0.25, 0.3) is 0 Å². The molecule has 1 amide bonds. The largest absolute Gasteiger partial charge is 0.378 e. The summed E-state index contributed by atoms with van der Waals surface area (Å²) in [6.07, 6.45) is 4.09. The summed E-state index contributed by atoms with van der Waals surface area (Å²) in [4.78, 5) is 14.0. The Morgan fingerprint density at radius 3 is 2.60 bits per heavy atom. The molecule has 5 heteroatoms. The summed E-state index contributed by atoms with van der Waals surface area (Å²) in [5.41, 5.74) is 0.0118. The monoisotopic (exact) mass is 284 g/mol. The highest BCUT2D eigenvalue weighted by molar-refractivity contribution is 5.78. The van der Waals surface area contributed by atoms with E-state index in [0.717, 1.165) is 45.4 Å². The van der Waals surface area contributed by atoms with Gasteiger partial charge in [0.25, 0.3) is 0 Å². The standard InChI is InChI=1S/C15H28N2O3/c1-3-15(4-2)11-13(5-8-20-15)16-12-14(18)17-6-9-19-10-7-17/h13,16H,3-12H2,1-2H3. The Morgan fingerprint density at radius 2 is 1.95 bits per heavy atom. The van der Waals surface area contributed by atoms with Crippen LogP contribution in [0.2, 0.25) is 0 Å². The zero-order valence-corrected chi connectivity index (χ0v) is 12.8. The smallest absolute Gasteiger partial charge is 0.236 e. The van der Waals surface area contributed by atoms with E-state index in [0.29, 0.717) is 25.8 Å². The zero-order chi connectivity index (χ0) is 14.4. The topological polar surface area (TPSA) is 50.8 Å². The molecule has 2 heterocycles. The molecular weight excluding hydrogens is 256 g/mol. The molecule has 0 spiro atoms. The van der Waals surface area contributed by atoms with Crippen LogP contribution in [0.3, 0.4) is 0 Å². The molecule has 2 aliphatic rings. The molecule has 0 bridgehead atoms. The van der Waals surface area contributed by atoms with Crippen LogP contribution in [-0.2, 0) is 14.3 Å². The Balaban J connectivity index is 1.76. The molecule has 2 aliphatic heterocycles. The lowest BCUT2D eigenvalue weighted by molar-refractivity contribution is -0.135. The predicted octanol–water partition coefficient (Wildman–Crippen LogP) is 1.17. The minimum absolute atomic E-state index is 0.0118. The first-order valence-electron chi connectivity index (χ1n) is 7.92. The van der Waals surface area contributed by atoms with E-state index in [1.807, 2.05) is 4.90 Å². The Bertz CT molecular complexity index is 312. The molecule has 0 radical (unpaired) electrons. The predicted molar refractivity (Wildman–Crippen MR) is 77.7 cm³/mol. The van der Waals surface area contributed by atoms with Gasteiger partial charge >= 0.3 is 0 Å². The molecule has 1 N–H and O–H groups in total. The third-order valence-electron chi connectivity index (χ3n) is 4.69. The van der Waals surface area contributed by atoms with E-state index in [9.17, 15) is 4.79 Å². The van der Waals surface area contributed by atoms with Crippen molar-refractivity contribution in [3.63, 3.8) is 0 Å². The van der Waals surface area contributed by atoms with Gasteiger partial charge < -0.3 is 19.7 Å². The van der Waals surface area contributed by atoms with Crippen LogP contribution >= 0.6 is 0 Å². The Kier molecular flexibility index (Phi) is 5.81. The number of amides is 1. The molecule has 2 saturated heterocycles. The second-order valence-electron chi connectivity index (χ2n) is 5.80. The van der Waals surface area contributed by atoms with Crippen molar-refractivity contribution in [3.05, 3.63) is 0 Å². The van der Waals surface area contributed by atoms with E-state index in [2.05, 4.69) is 19.2 Å². The molecule has 0 aromatic heterocycles. The van der Waals surface area contributed by atoms with Gasteiger partial charge in [-0.2, -0.15) is 0 Å². The summed E-state index contributed by atoms with van der Waals surface area (Å²) < 4.78 is 11.2. The van der Waals surface area contributed by atoms with Crippen LogP contribution in [0, 0.1) is 0 Å². The van der Waals surface area contributed by atoms with Gasteiger partial charge in [-0.05, 0) is 25.7 Å². The lowest BCUT2D eigenvalue weighted by Gasteiger charge is -2.40. The third-order valence-corrected chi connectivity index (χ3v) is 4.69. The van der Waals surface area contributed by atoms with Gasteiger partial charge in [-0.3, -0.25) is 4.79 Å². The Morgan fingerprint density at radius 1 is 1.25 bits per heavy atom. The van der Waals surface area contributed by atoms with Gasteiger partial charge in [-0.15, -0.1) is 0 Å². The van der Waals surface area contributed by atoms with Crippen molar-refractivity contribution in [1.82, 2.24) is 10.2 Å². The highest BCUT2D eigenvalue weighted by Crippen LogP contribution is 2.31. The van der Waals surface area contributed by atoms with Crippen molar-refractivity contribution < 1.29 is 14.3 Å². The number of ether oxygens (including phenoxy) is 2. The number of hydrogen-bond donors (Lipinski definition) is 1. The van der Waals surface area contributed by atoms with Crippen LogP contribution < -0.4 is 5.32 Å². The van der Waals surface area contributed by atoms with Crippen LogP contribution in [-0.4, -0.2) is 61.9 Å². The Labute approximate surface area is 122 Å². The number of morpholine rings is 1. The second kappa shape index (κ2) is 7.38. The Hall–Kier alpha value is -0.650. The lowest BCUT2D eigenvalue weighted by Crippen LogP contribution is -2.50. The van der Waals surface area contributed by atoms with E-state index in [1.165, 1.54) is 0 Å². The number of nitrogens with zero attached hydrogens (tertiary/aromatic N) is 1. The van der Waals surface area contributed by atoms with E-state index in [1.54, 1.807) is 0 Å². The van der Waals surface area contributed by atoms with Crippen LogP contribution in [0.1, 0.15) is 39.5 Å². The third kappa shape index (κ3) is 3.93. The summed E-state index contributed by atoms with van der Waals surface area (Å²) in [5.74, 6) is 0.193. The first-order valence-corrected chi connectivity index (χ1v) is 7.92. The fraction of sp³-hybridized carbons (Fsp3) is 0.933. The van der Waals surface area contributed by atoms with Crippen molar-refractivity contribution in [1.29, 1.82) is 0 Å². The molecule has 0 saturated carbocycles. The average molecular weight is 284 g/mol. The first-order chi connectivity index (χ1) is 9.69. The van der Waals surface area contributed by atoms with E-state index >= 15 is 0 Å². The number of hydrogen-bond acceptors (Lipinski definition) is 4. The van der Waals surface area contributed by atoms with Gasteiger partial charge in [0.15, 0.2) is 0 Å². The summed E-state index contributed by atoms with van der Waals surface area (Å²) in [6, 6.07) is 0.397. The molecule has 2 fully saturated rings. The van der Waals surface area contributed by atoms with Gasteiger partial charge in [-0.1, -0.05) is 13.8 Å². The van der Waals surface area contributed by atoms with Crippen molar-refractivity contribution >= 4 is 5.91 Å². The highest BCUT2D eigenvalue weighted by Gasteiger charge is 2.34. The summed E-state index contributed by atoms with van der Waals surface area (Å²) >= 11 is 0. The molecule has 1 unspecified atom stereocenters. The first kappa shape index (κ1) is 15.7. The molecule has 5 nitrogen and oxygen atoms in total. The van der Waals surface area contributed by atoms with Crippen LogP contribution in [0.5, 0.6) is 0 Å². The van der Waals surface area contributed by atoms with Gasteiger partial charge in [0.2, 0.25) is 5.91 Å². The number of nitrogens with one attached hydrogen (secondary N) is 1. The van der Waals surface area contributed by atoms with E-state index in [4.69, 9.17) is 9.47 Å². The summed E-state index contributed by atoms with van der Waals surface area (Å²) in [6.45, 7) is 8.38. The number of carbonyl (C=O) groups excluding carboxylic acids is 1. The van der Waals surface area contributed by atoms with Gasteiger partial charge in [0, 0.05) is 25.7 Å². The second-order valence-corrected chi connectivity index (χ2v) is 5.80. The molecular formula is C15H28N2O3. The van der Waals surface area contributed by atoms with E-state index < -0.39 is 0 Å². The van der Waals surface area contributed by atoms with Gasteiger partial charge in [0.1, 0.15) is 0 Å². The zero-order valence-electron chi connectivity index (χ0n) is 12.8. The number of rotatable bonds is 5. The average Bonchev–Trinajstić information content (AvgIpc) is 2.53. The fourth-order valence-electron chi connectivity index (χ4n) is 3.10. The van der Waals surface area contributed by atoms with Crippen LogP contribution in [0.4, 0.5) is 0 Å². The molecule has 2 rings (SSSR count). The molecule has 0 aromatic carbocycles. The minimum atomic E-state index is 0.0118. The molecule has 0 aromatic rings. The van der Waals surface area contributed by atoms with Crippen molar-refractivity contribution in [2.24, 2.45) is 0 Å². The van der Waals surface area contributed by atoms with E-state index in [-0.39, 0.29) is 11.5 Å². The summed E-state index contributed by atoms with van der Waals surface area (Å²) in [7, 11) is 0. The highest BCUT2D eigenvalue weighted by atomic mass is 16.5. The van der Waals surface area contributed by atoms with Crippen molar-refractivity contribution in [2.45, 2.75) is 51.2 Å². The summed E-state index contributed by atoms with van der Waals surface area (Å²) in [5, 5.41) is 3.43. The molecule has 20 heavy (non-hydrogen) atoms. The van der Waals surface area contributed by atoms with Gasteiger partial charge in [0.05, 0.1) is 25.4 Å². The fourth-order valence-corrected chi connectivity index (χ4v) is 3.10. The molecule has 116 valence electrons. The van der Waals surface area contributed by atoms with Crippen LogP contribution in [0.15, 0.2) is 0 Å². The number of carbonyl (C=O) groups is 1. The maximum absolute atomic E-state index is 12.1. The minimum Gasteiger partial charge on any atom is -0.378 e. The van der Waals surface area contributed by atoms with Crippen molar-refractivity contribution in [2.75, 3.05) is 39.5 Å². The molecule has 1 atom stereocenters. The van der Waals surface area contributed by atoms with Crippen molar-refractivity contribution in [3.8, 4) is 0 Å². The van der Waals surface area contributed by atoms with Gasteiger partial charge in [-0.25, -0.2) is 0 Å². The lowest BCUT2D eigenvalue weighted by atomic mass is 9.86. The maximum Gasteiger partial charge on any atom is 0.236 e. The normalized spacial score (nSPS) is 26.5. The molecule has 0 aliphatic carbocycles. The SMILES string of the molecule is CCC1(CC)CC(NCC(=O)N2CCOCC2)CCO1.